The molecule has 0 saturated carbocycles. The van der Waals surface area contributed by atoms with Crippen LogP contribution in [0, 0.1) is 4.84 Å². The number of carbonyl (C=O) groups is 1. The first kappa shape index (κ1) is 18.9. The first-order chi connectivity index (χ1) is 12.6. The van der Waals surface area contributed by atoms with Crippen molar-refractivity contribution < 1.29 is 18.7 Å². The molecule has 2 heterocycles. The standard InChI is InChI=1S/C17H21N3O4S2/c1-3-23-13-6-4-12(5-7-13)15-18-20(17(25)24-15)11-19-8-9-26-14(10-19)16(21)22-2/h4-7,14H,3,8-11H2,1-2H3/t14-/m1/s1. The number of hydrogen-bond acceptors (Lipinski definition) is 8. The molecule has 3 rings (SSSR count). The van der Waals surface area contributed by atoms with Gasteiger partial charge in [0, 0.05) is 24.4 Å². The molecule has 0 spiro atoms. The zero-order valence-corrected chi connectivity index (χ0v) is 16.3. The molecule has 0 unspecified atom stereocenters. The van der Waals surface area contributed by atoms with Crippen molar-refractivity contribution in [3.63, 3.8) is 0 Å². The molecular formula is C17H21N3O4S2. The number of methoxy groups -OCH3 is 1. The Morgan fingerprint density at radius 1 is 1.42 bits per heavy atom. The summed E-state index contributed by atoms with van der Waals surface area (Å²) in [4.78, 5) is 14.2. The van der Waals surface area contributed by atoms with Gasteiger partial charge >= 0.3 is 5.97 Å². The van der Waals surface area contributed by atoms with Crippen molar-refractivity contribution in [3.05, 3.63) is 29.1 Å². The van der Waals surface area contributed by atoms with Crippen molar-refractivity contribution in [3.8, 4) is 17.2 Å². The molecule has 0 aliphatic carbocycles. The Balaban J connectivity index is 1.70. The van der Waals surface area contributed by atoms with Gasteiger partial charge in [0.1, 0.15) is 11.0 Å². The number of benzene rings is 1. The number of aromatic nitrogens is 2. The van der Waals surface area contributed by atoms with Crippen LogP contribution in [0.15, 0.2) is 28.7 Å². The van der Waals surface area contributed by atoms with E-state index >= 15 is 0 Å². The van der Waals surface area contributed by atoms with Crippen LogP contribution in [0.4, 0.5) is 0 Å². The molecular weight excluding hydrogens is 374 g/mol. The SMILES string of the molecule is CCOc1ccc(-c2nn(CN3CCS[C@@H](C(=O)OC)C3)c(=S)o2)cc1. The topological polar surface area (TPSA) is 69.7 Å². The second-order valence-corrected chi connectivity index (χ2v) is 7.39. The van der Waals surface area contributed by atoms with E-state index in [1.165, 1.54) is 7.11 Å². The third-order valence-electron chi connectivity index (χ3n) is 3.97. The molecule has 1 saturated heterocycles. The van der Waals surface area contributed by atoms with Crippen LogP contribution in [0.2, 0.25) is 0 Å². The molecule has 7 nitrogen and oxygen atoms in total. The van der Waals surface area contributed by atoms with E-state index in [9.17, 15) is 4.79 Å². The first-order valence-corrected chi connectivity index (χ1v) is 9.79. The molecule has 1 aliphatic heterocycles. The summed E-state index contributed by atoms with van der Waals surface area (Å²) in [6.07, 6.45) is 0. The lowest BCUT2D eigenvalue weighted by atomic mass is 10.2. The minimum atomic E-state index is -0.196. The summed E-state index contributed by atoms with van der Waals surface area (Å²) >= 11 is 6.91. The van der Waals surface area contributed by atoms with Crippen molar-refractivity contribution in [2.45, 2.75) is 18.8 Å². The van der Waals surface area contributed by atoms with Gasteiger partial charge in [0.05, 0.1) is 20.4 Å². The largest absolute Gasteiger partial charge is 0.494 e. The van der Waals surface area contributed by atoms with E-state index in [0.29, 0.717) is 30.5 Å². The molecule has 26 heavy (non-hydrogen) atoms. The van der Waals surface area contributed by atoms with Crippen LogP contribution in [-0.4, -0.2) is 58.5 Å². The van der Waals surface area contributed by atoms with Gasteiger partial charge < -0.3 is 13.9 Å². The smallest absolute Gasteiger partial charge is 0.320 e. The van der Waals surface area contributed by atoms with Crippen molar-refractivity contribution in [2.24, 2.45) is 0 Å². The zero-order valence-electron chi connectivity index (χ0n) is 14.7. The minimum absolute atomic E-state index is 0.180. The Morgan fingerprint density at radius 3 is 2.88 bits per heavy atom. The van der Waals surface area contributed by atoms with Gasteiger partial charge in [0.25, 0.3) is 4.84 Å². The van der Waals surface area contributed by atoms with Gasteiger partial charge in [-0.1, -0.05) is 0 Å². The number of carbonyl (C=O) groups excluding carboxylic acids is 1. The van der Waals surface area contributed by atoms with Crippen LogP contribution >= 0.6 is 24.0 Å². The van der Waals surface area contributed by atoms with Crippen LogP contribution in [0.25, 0.3) is 11.5 Å². The maximum absolute atomic E-state index is 11.8. The van der Waals surface area contributed by atoms with Crippen LogP contribution in [0.5, 0.6) is 5.75 Å². The minimum Gasteiger partial charge on any atom is -0.494 e. The highest BCUT2D eigenvalue weighted by atomic mass is 32.2. The predicted octanol–water partition coefficient (Wildman–Crippen LogP) is 2.82. The molecule has 1 aliphatic rings. The molecule has 0 N–H and O–H groups in total. The average molecular weight is 396 g/mol. The fourth-order valence-corrected chi connectivity index (χ4v) is 4.04. The Labute approximate surface area is 161 Å². The molecule has 9 heteroatoms. The summed E-state index contributed by atoms with van der Waals surface area (Å²) in [5.41, 5.74) is 0.833. The van der Waals surface area contributed by atoms with Gasteiger partial charge in [-0.25, -0.2) is 4.68 Å². The Morgan fingerprint density at radius 2 is 2.19 bits per heavy atom. The van der Waals surface area contributed by atoms with E-state index in [4.69, 9.17) is 26.1 Å². The van der Waals surface area contributed by atoms with E-state index in [1.54, 1.807) is 16.4 Å². The Kier molecular flexibility index (Phi) is 6.33. The summed E-state index contributed by atoms with van der Waals surface area (Å²) in [6.45, 7) is 4.50. The van der Waals surface area contributed by atoms with E-state index in [1.807, 2.05) is 31.2 Å². The number of ether oxygens (including phenoxy) is 2. The second kappa shape index (κ2) is 8.70. The number of thioether (sulfide) groups is 1. The quantitative estimate of drug-likeness (QED) is 0.546. The Bertz CT molecular complexity index is 803. The molecule has 2 aromatic rings. The highest BCUT2D eigenvalue weighted by Crippen LogP contribution is 2.23. The predicted molar refractivity (Wildman–Crippen MR) is 102 cm³/mol. The molecule has 0 amide bonds. The maximum atomic E-state index is 11.8. The van der Waals surface area contributed by atoms with E-state index in [-0.39, 0.29) is 11.2 Å². The summed E-state index contributed by atoms with van der Waals surface area (Å²) in [5, 5.41) is 4.30. The van der Waals surface area contributed by atoms with Crippen LogP contribution in [0.1, 0.15) is 6.92 Å². The highest BCUT2D eigenvalue weighted by molar-refractivity contribution is 8.00. The van der Waals surface area contributed by atoms with Crippen LogP contribution < -0.4 is 4.74 Å². The number of nitrogens with zero attached hydrogens (tertiary/aromatic N) is 3. The second-order valence-electron chi connectivity index (χ2n) is 5.73. The van der Waals surface area contributed by atoms with Gasteiger partial charge in [0.2, 0.25) is 5.89 Å². The molecule has 140 valence electrons. The molecule has 0 radical (unpaired) electrons. The van der Waals surface area contributed by atoms with Gasteiger partial charge in [-0.3, -0.25) is 9.69 Å². The molecule has 1 fully saturated rings. The lowest BCUT2D eigenvalue weighted by Crippen LogP contribution is -2.42. The molecule has 1 aromatic carbocycles. The van der Waals surface area contributed by atoms with E-state index in [0.717, 1.165) is 23.6 Å². The van der Waals surface area contributed by atoms with E-state index < -0.39 is 0 Å². The average Bonchev–Trinajstić information content (AvgIpc) is 3.02. The number of hydrogen-bond donors (Lipinski definition) is 0. The van der Waals surface area contributed by atoms with Gasteiger partial charge in [-0.2, -0.15) is 0 Å². The summed E-state index contributed by atoms with van der Waals surface area (Å²) < 4.78 is 17.6. The fraction of sp³-hybridized carbons (Fsp3) is 0.471. The summed E-state index contributed by atoms with van der Waals surface area (Å²) in [6, 6.07) is 7.53. The summed E-state index contributed by atoms with van der Waals surface area (Å²) in [5.74, 6) is 1.93. The van der Waals surface area contributed by atoms with Gasteiger partial charge in [0.15, 0.2) is 0 Å². The van der Waals surface area contributed by atoms with Crippen molar-refractivity contribution in [2.75, 3.05) is 32.6 Å². The molecule has 1 atom stereocenters. The number of rotatable bonds is 6. The highest BCUT2D eigenvalue weighted by Gasteiger charge is 2.27. The monoisotopic (exact) mass is 395 g/mol. The summed E-state index contributed by atoms with van der Waals surface area (Å²) in [7, 11) is 1.42. The molecule has 0 bridgehead atoms. The van der Waals surface area contributed by atoms with Crippen molar-refractivity contribution in [1.29, 1.82) is 0 Å². The fourth-order valence-electron chi connectivity index (χ4n) is 2.67. The number of esters is 1. The van der Waals surface area contributed by atoms with E-state index in [2.05, 4.69) is 10.00 Å². The van der Waals surface area contributed by atoms with Gasteiger partial charge in [-0.05, 0) is 43.4 Å². The first-order valence-electron chi connectivity index (χ1n) is 8.33. The zero-order chi connectivity index (χ0) is 18.5. The normalized spacial score (nSPS) is 17.8. The van der Waals surface area contributed by atoms with Crippen LogP contribution in [-0.2, 0) is 16.2 Å². The van der Waals surface area contributed by atoms with Crippen LogP contribution in [0.3, 0.4) is 0 Å². The lowest BCUT2D eigenvalue weighted by molar-refractivity contribution is -0.140. The third kappa shape index (κ3) is 4.46. The molecule has 1 aromatic heterocycles. The van der Waals surface area contributed by atoms with Crippen molar-refractivity contribution >= 4 is 29.9 Å². The lowest BCUT2D eigenvalue weighted by Gasteiger charge is -2.30. The maximum Gasteiger partial charge on any atom is 0.320 e. The third-order valence-corrected chi connectivity index (χ3v) is 5.42. The van der Waals surface area contributed by atoms with Gasteiger partial charge in [-0.15, -0.1) is 16.9 Å². The Hall–Kier alpha value is -1.84. The van der Waals surface area contributed by atoms with Crippen molar-refractivity contribution in [1.82, 2.24) is 14.7 Å².